The van der Waals surface area contributed by atoms with Crippen LogP contribution in [0.3, 0.4) is 0 Å². The van der Waals surface area contributed by atoms with Gasteiger partial charge >= 0.3 is 0 Å². The Bertz CT molecular complexity index is 648. The Balaban J connectivity index is 2.56. The van der Waals surface area contributed by atoms with E-state index in [0.717, 1.165) is 10.8 Å². The number of carbonyl (C=O) groups is 1. The fourth-order valence-electron chi connectivity index (χ4n) is 1.71. The van der Waals surface area contributed by atoms with Gasteiger partial charge in [-0.15, -0.1) is 0 Å². The van der Waals surface area contributed by atoms with E-state index in [-0.39, 0.29) is 12.5 Å². The second-order valence-corrected chi connectivity index (χ2v) is 4.19. The molecule has 0 saturated carbocycles. The molecule has 0 aliphatic rings. The normalized spacial score (nSPS) is 10.1. The summed E-state index contributed by atoms with van der Waals surface area (Å²) in [5, 5.41) is 10.4. The van der Waals surface area contributed by atoms with Crippen LogP contribution in [-0.4, -0.2) is 29.4 Å². The SMILES string of the molecule is CN(CC#N)C(=O)c1cnc(Cl)c2ccccc12. The van der Waals surface area contributed by atoms with Gasteiger partial charge in [-0.1, -0.05) is 35.9 Å². The molecule has 18 heavy (non-hydrogen) atoms. The Morgan fingerprint density at radius 1 is 1.44 bits per heavy atom. The third-order valence-corrected chi connectivity index (χ3v) is 2.93. The van der Waals surface area contributed by atoms with Gasteiger partial charge < -0.3 is 4.90 Å². The van der Waals surface area contributed by atoms with Gasteiger partial charge in [-0.25, -0.2) is 4.98 Å². The van der Waals surface area contributed by atoms with Crippen LogP contribution in [0.15, 0.2) is 30.5 Å². The van der Waals surface area contributed by atoms with Gasteiger partial charge in [-0.3, -0.25) is 4.79 Å². The van der Waals surface area contributed by atoms with Gasteiger partial charge in [0.1, 0.15) is 11.7 Å². The van der Waals surface area contributed by atoms with E-state index in [1.807, 2.05) is 30.3 Å². The highest BCUT2D eigenvalue weighted by Gasteiger charge is 2.16. The van der Waals surface area contributed by atoms with Gasteiger partial charge in [0, 0.05) is 18.6 Å². The molecule has 0 aliphatic carbocycles. The zero-order valence-electron chi connectivity index (χ0n) is 9.72. The topological polar surface area (TPSA) is 57.0 Å². The predicted octanol–water partition coefficient (Wildman–Crippen LogP) is 2.48. The number of aromatic nitrogens is 1. The van der Waals surface area contributed by atoms with E-state index in [0.29, 0.717) is 10.7 Å². The molecule has 4 nitrogen and oxygen atoms in total. The lowest BCUT2D eigenvalue weighted by atomic mass is 10.1. The number of rotatable bonds is 2. The van der Waals surface area contributed by atoms with E-state index in [1.54, 1.807) is 7.05 Å². The van der Waals surface area contributed by atoms with Crippen molar-refractivity contribution in [3.05, 3.63) is 41.2 Å². The molecule has 0 fully saturated rings. The monoisotopic (exact) mass is 259 g/mol. The summed E-state index contributed by atoms with van der Waals surface area (Å²) >= 11 is 5.99. The lowest BCUT2D eigenvalue weighted by Crippen LogP contribution is -2.27. The minimum absolute atomic E-state index is 0.0375. The minimum atomic E-state index is -0.239. The Kier molecular flexibility index (Phi) is 3.45. The Morgan fingerprint density at radius 2 is 2.11 bits per heavy atom. The maximum Gasteiger partial charge on any atom is 0.256 e. The quantitative estimate of drug-likeness (QED) is 0.615. The highest BCUT2D eigenvalue weighted by molar-refractivity contribution is 6.34. The first-order chi connectivity index (χ1) is 8.65. The molecule has 0 atom stereocenters. The number of fused-ring (bicyclic) bond motifs is 1. The van der Waals surface area contributed by atoms with E-state index in [1.165, 1.54) is 11.1 Å². The van der Waals surface area contributed by atoms with Gasteiger partial charge in [-0.05, 0) is 5.39 Å². The standard InChI is InChI=1S/C13H10ClN3O/c1-17(7-6-15)13(18)11-8-16-12(14)10-5-3-2-4-9(10)11/h2-5,8H,7H2,1H3. The number of pyridine rings is 1. The van der Waals surface area contributed by atoms with Gasteiger partial charge in [0.05, 0.1) is 11.6 Å². The molecule has 0 bridgehead atoms. The second kappa shape index (κ2) is 5.03. The number of amides is 1. The third-order valence-electron chi connectivity index (χ3n) is 2.63. The number of halogens is 1. The fourth-order valence-corrected chi connectivity index (χ4v) is 1.93. The first-order valence-electron chi connectivity index (χ1n) is 5.31. The Hall–Kier alpha value is -2.12. The highest BCUT2D eigenvalue weighted by Crippen LogP contribution is 2.24. The van der Waals surface area contributed by atoms with Gasteiger partial charge in [0.2, 0.25) is 0 Å². The van der Waals surface area contributed by atoms with Crippen LogP contribution in [0.5, 0.6) is 0 Å². The van der Waals surface area contributed by atoms with E-state index in [4.69, 9.17) is 16.9 Å². The van der Waals surface area contributed by atoms with Crippen LogP contribution in [0, 0.1) is 11.3 Å². The van der Waals surface area contributed by atoms with E-state index < -0.39 is 0 Å². The average molecular weight is 260 g/mol. The van der Waals surface area contributed by atoms with E-state index in [2.05, 4.69) is 4.98 Å². The largest absolute Gasteiger partial charge is 0.328 e. The molecule has 1 aromatic heterocycles. The van der Waals surface area contributed by atoms with Crippen molar-refractivity contribution in [1.29, 1.82) is 5.26 Å². The smallest absolute Gasteiger partial charge is 0.256 e. The van der Waals surface area contributed by atoms with Gasteiger partial charge in [-0.2, -0.15) is 5.26 Å². The van der Waals surface area contributed by atoms with Crippen LogP contribution in [-0.2, 0) is 0 Å². The lowest BCUT2D eigenvalue weighted by molar-refractivity contribution is 0.0813. The molecule has 1 heterocycles. The molecule has 0 N–H and O–H groups in total. The average Bonchev–Trinajstić information content (AvgIpc) is 2.39. The number of hydrogen-bond acceptors (Lipinski definition) is 3. The summed E-state index contributed by atoms with van der Waals surface area (Å²) in [7, 11) is 1.58. The molecule has 90 valence electrons. The van der Waals surface area contributed by atoms with Crippen LogP contribution in [0.2, 0.25) is 5.15 Å². The molecule has 0 unspecified atom stereocenters. The second-order valence-electron chi connectivity index (χ2n) is 3.83. The van der Waals surface area contributed by atoms with Crippen molar-refractivity contribution in [3.63, 3.8) is 0 Å². The number of hydrogen-bond donors (Lipinski definition) is 0. The molecular weight excluding hydrogens is 250 g/mol. The lowest BCUT2D eigenvalue weighted by Gasteiger charge is -2.14. The predicted molar refractivity (Wildman–Crippen MR) is 69.3 cm³/mol. The third kappa shape index (κ3) is 2.13. The number of nitriles is 1. The molecule has 1 amide bonds. The first kappa shape index (κ1) is 12.3. The summed E-state index contributed by atoms with van der Waals surface area (Å²) in [5.74, 6) is -0.239. The Morgan fingerprint density at radius 3 is 2.78 bits per heavy atom. The van der Waals surface area contributed by atoms with Crippen molar-refractivity contribution < 1.29 is 4.79 Å². The number of nitrogens with zero attached hydrogens (tertiary/aromatic N) is 3. The molecular formula is C13H10ClN3O. The molecule has 2 aromatic rings. The molecule has 0 radical (unpaired) electrons. The summed E-state index contributed by atoms with van der Waals surface area (Å²) in [5.41, 5.74) is 0.452. The summed E-state index contributed by atoms with van der Waals surface area (Å²) < 4.78 is 0. The van der Waals surface area contributed by atoms with Crippen LogP contribution in [0.1, 0.15) is 10.4 Å². The van der Waals surface area contributed by atoms with Crippen molar-refractivity contribution >= 4 is 28.3 Å². The molecule has 2 rings (SSSR count). The molecule has 0 aliphatic heterocycles. The van der Waals surface area contributed by atoms with E-state index >= 15 is 0 Å². The number of benzene rings is 1. The summed E-state index contributed by atoms with van der Waals surface area (Å²) in [6.45, 7) is 0.0375. The molecule has 5 heteroatoms. The summed E-state index contributed by atoms with van der Waals surface area (Å²) in [4.78, 5) is 17.5. The minimum Gasteiger partial charge on any atom is -0.328 e. The van der Waals surface area contributed by atoms with Crippen molar-refractivity contribution in [3.8, 4) is 6.07 Å². The van der Waals surface area contributed by atoms with Crippen molar-refractivity contribution in [2.75, 3.05) is 13.6 Å². The maximum absolute atomic E-state index is 12.2. The van der Waals surface area contributed by atoms with Crippen molar-refractivity contribution in [1.82, 2.24) is 9.88 Å². The summed E-state index contributed by atoms with van der Waals surface area (Å²) in [6.07, 6.45) is 1.45. The van der Waals surface area contributed by atoms with Crippen LogP contribution in [0.4, 0.5) is 0 Å². The Labute approximate surface area is 109 Å². The van der Waals surface area contributed by atoms with Crippen LogP contribution in [0.25, 0.3) is 10.8 Å². The van der Waals surface area contributed by atoms with Gasteiger partial charge in [0.15, 0.2) is 0 Å². The zero-order chi connectivity index (χ0) is 13.1. The van der Waals surface area contributed by atoms with Crippen LogP contribution < -0.4 is 0 Å². The van der Waals surface area contributed by atoms with Crippen molar-refractivity contribution in [2.45, 2.75) is 0 Å². The van der Waals surface area contributed by atoms with E-state index in [9.17, 15) is 4.79 Å². The van der Waals surface area contributed by atoms with Crippen molar-refractivity contribution in [2.24, 2.45) is 0 Å². The van der Waals surface area contributed by atoms with Crippen LogP contribution >= 0.6 is 11.6 Å². The molecule has 0 spiro atoms. The summed E-state index contributed by atoms with van der Waals surface area (Å²) in [6, 6.07) is 9.23. The molecule has 1 aromatic carbocycles. The maximum atomic E-state index is 12.2. The fraction of sp³-hybridized carbons (Fsp3) is 0.154. The van der Waals surface area contributed by atoms with Gasteiger partial charge in [0.25, 0.3) is 5.91 Å². The molecule has 0 saturated heterocycles. The zero-order valence-corrected chi connectivity index (χ0v) is 10.5. The highest BCUT2D eigenvalue weighted by atomic mass is 35.5. The number of carbonyl (C=O) groups excluding carboxylic acids is 1. The first-order valence-corrected chi connectivity index (χ1v) is 5.68.